The van der Waals surface area contributed by atoms with Crippen molar-refractivity contribution in [3.8, 4) is 5.75 Å². The van der Waals surface area contributed by atoms with Crippen LogP contribution in [0, 0.1) is 5.92 Å². The van der Waals surface area contributed by atoms with Gasteiger partial charge in [0.1, 0.15) is 5.75 Å². The number of amides is 1. The van der Waals surface area contributed by atoms with Crippen LogP contribution in [-0.4, -0.2) is 51.2 Å². The van der Waals surface area contributed by atoms with E-state index < -0.39 is 0 Å². The van der Waals surface area contributed by atoms with Crippen molar-refractivity contribution in [3.63, 3.8) is 0 Å². The second-order valence-electron chi connectivity index (χ2n) is 7.62. The molecule has 27 heavy (non-hydrogen) atoms. The van der Waals surface area contributed by atoms with Crippen molar-refractivity contribution in [2.75, 3.05) is 37.8 Å². The summed E-state index contributed by atoms with van der Waals surface area (Å²) in [5.41, 5.74) is 2.21. The molecule has 0 aliphatic carbocycles. The summed E-state index contributed by atoms with van der Waals surface area (Å²) >= 11 is 0. The Morgan fingerprint density at radius 2 is 2.11 bits per heavy atom. The molecule has 0 radical (unpaired) electrons. The smallest absolute Gasteiger partial charge is 0.230 e. The normalized spacial score (nSPS) is 24.8. The standard InChI is InChI=1S/C21H29N3O3/c1-2-24(21(25)15-5-8-26-9-6-15)18-3-4-20-19(12-18)16(7-10-27-20)11-17-13-22-14-23-17/h3-4,12,14-17H,2,5-11,13H2,1H3,(H,22,23). The van der Waals surface area contributed by atoms with Gasteiger partial charge in [-0.15, -0.1) is 0 Å². The highest BCUT2D eigenvalue weighted by Crippen LogP contribution is 2.39. The highest BCUT2D eigenvalue weighted by molar-refractivity contribution is 5.95. The maximum absolute atomic E-state index is 13.1. The minimum Gasteiger partial charge on any atom is -0.493 e. The molecule has 3 heterocycles. The second kappa shape index (κ2) is 8.30. The Morgan fingerprint density at radius 3 is 2.85 bits per heavy atom. The molecule has 1 N–H and O–H groups in total. The third-order valence-electron chi connectivity index (χ3n) is 5.92. The number of carbonyl (C=O) groups excluding carboxylic acids is 1. The molecule has 0 saturated carbocycles. The number of aliphatic imine (C=N–C) groups is 1. The summed E-state index contributed by atoms with van der Waals surface area (Å²) in [4.78, 5) is 19.3. The lowest BCUT2D eigenvalue weighted by Gasteiger charge is -2.32. The predicted molar refractivity (Wildman–Crippen MR) is 106 cm³/mol. The predicted octanol–water partition coefficient (Wildman–Crippen LogP) is 2.72. The van der Waals surface area contributed by atoms with Crippen molar-refractivity contribution in [2.45, 2.75) is 44.6 Å². The Bertz CT molecular complexity index is 692. The Morgan fingerprint density at radius 1 is 1.26 bits per heavy atom. The van der Waals surface area contributed by atoms with Crippen molar-refractivity contribution in [3.05, 3.63) is 23.8 Å². The van der Waals surface area contributed by atoms with Gasteiger partial charge in [-0.2, -0.15) is 0 Å². The molecule has 2 unspecified atom stereocenters. The van der Waals surface area contributed by atoms with Gasteiger partial charge < -0.3 is 19.7 Å². The zero-order valence-corrected chi connectivity index (χ0v) is 16.0. The number of nitrogens with one attached hydrogen (secondary N) is 1. The molecule has 3 aliphatic rings. The van der Waals surface area contributed by atoms with Crippen LogP contribution in [-0.2, 0) is 9.53 Å². The van der Waals surface area contributed by atoms with Crippen molar-refractivity contribution < 1.29 is 14.3 Å². The summed E-state index contributed by atoms with van der Waals surface area (Å²) in [5.74, 6) is 1.69. The molecule has 146 valence electrons. The summed E-state index contributed by atoms with van der Waals surface area (Å²) in [6.45, 7) is 5.69. The molecule has 6 nitrogen and oxygen atoms in total. The van der Waals surface area contributed by atoms with Gasteiger partial charge in [-0.3, -0.25) is 9.79 Å². The van der Waals surface area contributed by atoms with Crippen molar-refractivity contribution in [1.29, 1.82) is 0 Å². The van der Waals surface area contributed by atoms with Crippen LogP contribution in [0.2, 0.25) is 0 Å². The number of nitrogens with zero attached hydrogens (tertiary/aromatic N) is 2. The number of benzene rings is 1. The van der Waals surface area contributed by atoms with E-state index in [-0.39, 0.29) is 11.8 Å². The van der Waals surface area contributed by atoms with Crippen LogP contribution < -0.4 is 15.0 Å². The first-order valence-corrected chi connectivity index (χ1v) is 10.2. The molecular weight excluding hydrogens is 342 g/mol. The van der Waals surface area contributed by atoms with E-state index in [0.717, 1.165) is 50.3 Å². The van der Waals surface area contributed by atoms with Gasteiger partial charge in [-0.1, -0.05) is 0 Å². The zero-order valence-electron chi connectivity index (χ0n) is 16.0. The van der Waals surface area contributed by atoms with Gasteiger partial charge >= 0.3 is 0 Å². The topological polar surface area (TPSA) is 63.2 Å². The molecule has 0 bridgehead atoms. The van der Waals surface area contributed by atoms with E-state index in [9.17, 15) is 4.79 Å². The highest BCUT2D eigenvalue weighted by Gasteiger charge is 2.29. The van der Waals surface area contributed by atoms with Crippen molar-refractivity contribution in [1.82, 2.24) is 5.32 Å². The van der Waals surface area contributed by atoms with E-state index in [1.54, 1.807) is 0 Å². The van der Waals surface area contributed by atoms with Gasteiger partial charge in [-0.05, 0) is 62.3 Å². The van der Waals surface area contributed by atoms with Gasteiger partial charge in [0.15, 0.2) is 0 Å². The maximum Gasteiger partial charge on any atom is 0.230 e. The first kappa shape index (κ1) is 18.3. The first-order valence-electron chi connectivity index (χ1n) is 10.2. The average molecular weight is 371 g/mol. The lowest BCUT2D eigenvalue weighted by atomic mass is 9.87. The molecule has 1 saturated heterocycles. The van der Waals surface area contributed by atoms with Gasteiger partial charge in [0, 0.05) is 37.4 Å². The maximum atomic E-state index is 13.1. The third-order valence-corrected chi connectivity index (χ3v) is 5.92. The molecule has 2 atom stereocenters. The molecule has 1 amide bonds. The van der Waals surface area contributed by atoms with Gasteiger partial charge in [0.25, 0.3) is 0 Å². The minimum atomic E-state index is 0.0709. The SMILES string of the molecule is CCN(C(=O)C1CCOCC1)c1ccc2c(c1)C(CC1CN=CN1)CCO2. The van der Waals surface area contributed by atoms with Crippen LogP contribution >= 0.6 is 0 Å². The molecular formula is C21H29N3O3. The van der Waals surface area contributed by atoms with Crippen molar-refractivity contribution in [2.24, 2.45) is 10.9 Å². The molecule has 0 spiro atoms. The summed E-state index contributed by atoms with van der Waals surface area (Å²) in [6, 6.07) is 6.64. The fourth-order valence-corrected chi connectivity index (χ4v) is 4.37. The average Bonchev–Trinajstić information content (AvgIpc) is 3.22. The summed E-state index contributed by atoms with van der Waals surface area (Å²) in [5, 5.41) is 3.34. The Kier molecular flexibility index (Phi) is 5.62. The lowest BCUT2D eigenvalue weighted by Crippen LogP contribution is -2.38. The number of anilines is 1. The van der Waals surface area contributed by atoms with Crippen molar-refractivity contribution >= 4 is 17.9 Å². The van der Waals surface area contributed by atoms with E-state index in [2.05, 4.69) is 16.4 Å². The van der Waals surface area contributed by atoms with Gasteiger partial charge in [0.05, 0.1) is 19.5 Å². The van der Waals surface area contributed by atoms with E-state index in [4.69, 9.17) is 9.47 Å². The lowest BCUT2D eigenvalue weighted by molar-refractivity contribution is -0.125. The second-order valence-corrected chi connectivity index (χ2v) is 7.62. The fourth-order valence-electron chi connectivity index (χ4n) is 4.37. The van der Waals surface area contributed by atoms with E-state index in [0.29, 0.717) is 31.7 Å². The largest absolute Gasteiger partial charge is 0.493 e. The number of hydrogen-bond donors (Lipinski definition) is 1. The molecule has 1 aromatic rings. The van der Waals surface area contributed by atoms with Crippen LogP contribution in [0.25, 0.3) is 0 Å². The van der Waals surface area contributed by atoms with Crippen LogP contribution in [0.3, 0.4) is 0 Å². The molecule has 1 aromatic carbocycles. The fraction of sp³-hybridized carbons (Fsp3) is 0.619. The number of carbonyl (C=O) groups is 1. The number of ether oxygens (including phenoxy) is 2. The molecule has 1 fully saturated rings. The van der Waals surface area contributed by atoms with E-state index in [1.165, 1.54) is 5.56 Å². The molecule has 3 aliphatic heterocycles. The van der Waals surface area contributed by atoms with Gasteiger partial charge in [0.2, 0.25) is 5.91 Å². The Balaban J connectivity index is 1.54. The Labute approximate surface area is 160 Å². The number of hydrogen-bond acceptors (Lipinski definition) is 5. The quantitative estimate of drug-likeness (QED) is 0.864. The number of fused-ring (bicyclic) bond motifs is 1. The molecule has 6 heteroatoms. The summed E-state index contributed by atoms with van der Waals surface area (Å²) < 4.78 is 11.3. The Hall–Kier alpha value is -2.08. The first-order chi connectivity index (χ1) is 13.3. The summed E-state index contributed by atoms with van der Waals surface area (Å²) in [6.07, 6.45) is 5.50. The zero-order chi connectivity index (χ0) is 18.6. The monoisotopic (exact) mass is 371 g/mol. The minimum absolute atomic E-state index is 0.0709. The van der Waals surface area contributed by atoms with Crippen LogP contribution in [0.4, 0.5) is 5.69 Å². The molecule has 0 aromatic heterocycles. The van der Waals surface area contributed by atoms with Crippen LogP contribution in [0.1, 0.15) is 44.1 Å². The van der Waals surface area contributed by atoms with E-state index >= 15 is 0 Å². The van der Waals surface area contributed by atoms with E-state index in [1.807, 2.05) is 30.3 Å². The van der Waals surface area contributed by atoms with Crippen LogP contribution in [0.15, 0.2) is 23.2 Å². The molecule has 4 rings (SSSR count). The highest BCUT2D eigenvalue weighted by atomic mass is 16.5. The third kappa shape index (κ3) is 3.95. The van der Waals surface area contributed by atoms with Crippen LogP contribution in [0.5, 0.6) is 5.75 Å². The summed E-state index contributed by atoms with van der Waals surface area (Å²) in [7, 11) is 0. The number of rotatable bonds is 5. The van der Waals surface area contributed by atoms with Gasteiger partial charge in [-0.25, -0.2) is 0 Å².